The Labute approximate surface area is 201 Å². The van der Waals surface area contributed by atoms with E-state index in [0.29, 0.717) is 29.4 Å². The number of benzene rings is 1. The summed E-state index contributed by atoms with van der Waals surface area (Å²) in [5.41, 5.74) is 9.01. The number of aryl methyl sites for hydroxylation is 3. The first-order chi connectivity index (χ1) is 16.0. The number of nitrogens with two attached hydrogens (primary N) is 1. The van der Waals surface area contributed by atoms with E-state index in [9.17, 15) is 18.0 Å². The number of carbonyl (C=O) groups excluding carboxylic acids is 2. The Morgan fingerprint density at radius 1 is 1.09 bits per heavy atom. The lowest BCUT2D eigenvalue weighted by molar-refractivity contribution is 0.0771. The van der Waals surface area contributed by atoms with Crippen LogP contribution in [0.4, 0.5) is 0 Å². The van der Waals surface area contributed by atoms with Crippen LogP contribution >= 0.6 is 0 Å². The number of amides is 2. The molecule has 2 unspecified atom stereocenters. The number of rotatable bonds is 7. The summed E-state index contributed by atoms with van der Waals surface area (Å²) in [6, 6.07) is 6.39. The van der Waals surface area contributed by atoms with E-state index in [1.54, 1.807) is 12.3 Å². The van der Waals surface area contributed by atoms with Gasteiger partial charge >= 0.3 is 0 Å². The molecule has 0 bridgehead atoms. The van der Waals surface area contributed by atoms with Crippen LogP contribution in [0.1, 0.15) is 44.0 Å². The Bertz CT molecular complexity index is 1190. The van der Waals surface area contributed by atoms with E-state index in [-0.39, 0.29) is 10.8 Å². The lowest BCUT2D eigenvalue weighted by atomic mass is 10.0. The summed E-state index contributed by atoms with van der Waals surface area (Å²) in [6.45, 7) is 8.08. The summed E-state index contributed by atoms with van der Waals surface area (Å²) in [5, 5.41) is 0. The topological polar surface area (TPSA) is 114 Å². The summed E-state index contributed by atoms with van der Waals surface area (Å²) in [6.07, 6.45) is 4.27. The monoisotopic (exact) mass is 484 g/mol. The SMILES string of the molecule is Cc1ccnc(C)c1C(=O)N1CC2CN(CCCc3cc(S(C)(=O)=O)ccc3C(N)=O)CC2C1. The molecule has 9 heteroatoms. The summed E-state index contributed by atoms with van der Waals surface area (Å²) in [4.78, 5) is 33.8. The van der Waals surface area contributed by atoms with Gasteiger partial charge in [-0.15, -0.1) is 0 Å². The first kappa shape index (κ1) is 24.3. The zero-order chi connectivity index (χ0) is 24.6. The predicted octanol–water partition coefficient (Wildman–Crippen LogP) is 1.84. The third-order valence-electron chi connectivity index (χ3n) is 7.10. The van der Waals surface area contributed by atoms with Crippen molar-refractivity contribution in [1.29, 1.82) is 0 Å². The maximum absolute atomic E-state index is 13.1. The molecule has 2 amide bonds. The molecule has 2 atom stereocenters. The average Bonchev–Trinajstić information content (AvgIpc) is 3.31. The smallest absolute Gasteiger partial charge is 0.255 e. The number of likely N-dealkylation sites (tertiary alicyclic amines) is 2. The number of sulfone groups is 1. The minimum absolute atomic E-state index is 0.0776. The van der Waals surface area contributed by atoms with Gasteiger partial charge in [0, 0.05) is 44.2 Å². The normalized spacial score (nSPS) is 20.5. The Hall–Kier alpha value is -2.78. The van der Waals surface area contributed by atoms with Gasteiger partial charge in [0.05, 0.1) is 16.2 Å². The van der Waals surface area contributed by atoms with Gasteiger partial charge in [0.15, 0.2) is 9.84 Å². The van der Waals surface area contributed by atoms with Crippen molar-refractivity contribution < 1.29 is 18.0 Å². The Morgan fingerprint density at radius 2 is 1.76 bits per heavy atom. The highest BCUT2D eigenvalue weighted by atomic mass is 32.2. The standard InChI is InChI=1S/C25H32N4O4S/c1-16-8-9-27-17(2)23(16)25(31)29-14-19-12-28(13-20(19)15-29)10-4-5-18-11-21(34(3,32)33)6-7-22(18)24(26)30/h6-9,11,19-20H,4-5,10,12-15H2,1-3H3,(H2,26,30). The van der Waals surface area contributed by atoms with Crippen LogP contribution in [0.15, 0.2) is 35.4 Å². The van der Waals surface area contributed by atoms with Crippen LogP contribution in [-0.2, 0) is 16.3 Å². The second-order valence-corrected chi connectivity index (χ2v) is 11.7. The van der Waals surface area contributed by atoms with E-state index in [1.165, 1.54) is 12.1 Å². The van der Waals surface area contributed by atoms with Crippen LogP contribution in [-0.4, -0.2) is 74.0 Å². The van der Waals surface area contributed by atoms with Crippen LogP contribution in [0, 0.1) is 25.7 Å². The summed E-state index contributed by atoms with van der Waals surface area (Å²) in [7, 11) is -3.36. The quantitative estimate of drug-likeness (QED) is 0.642. The van der Waals surface area contributed by atoms with Crippen molar-refractivity contribution in [2.75, 3.05) is 39.0 Å². The summed E-state index contributed by atoms with van der Waals surface area (Å²) in [5.74, 6) is 0.440. The molecule has 2 aliphatic rings. The number of pyridine rings is 1. The molecule has 2 saturated heterocycles. The van der Waals surface area contributed by atoms with Crippen molar-refractivity contribution in [2.24, 2.45) is 17.6 Å². The third-order valence-corrected chi connectivity index (χ3v) is 8.21. The molecule has 3 heterocycles. The highest BCUT2D eigenvalue weighted by molar-refractivity contribution is 7.90. The number of fused-ring (bicyclic) bond motifs is 1. The molecule has 182 valence electrons. The molecule has 2 aromatic rings. The summed E-state index contributed by atoms with van der Waals surface area (Å²) < 4.78 is 23.8. The molecular weight excluding hydrogens is 452 g/mol. The fourth-order valence-electron chi connectivity index (χ4n) is 5.36. The molecule has 34 heavy (non-hydrogen) atoms. The maximum Gasteiger partial charge on any atom is 0.255 e. The van der Waals surface area contributed by atoms with Gasteiger partial charge in [0.1, 0.15) is 0 Å². The van der Waals surface area contributed by atoms with E-state index in [4.69, 9.17) is 5.73 Å². The zero-order valence-electron chi connectivity index (χ0n) is 20.0. The van der Waals surface area contributed by atoms with Crippen LogP contribution < -0.4 is 5.73 Å². The second kappa shape index (κ2) is 9.46. The Morgan fingerprint density at radius 3 is 2.35 bits per heavy atom. The van der Waals surface area contributed by atoms with Gasteiger partial charge in [-0.3, -0.25) is 14.6 Å². The minimum atomic E-state index is -3.36. The third kappa shape index (κ3) is 5.00. The summed E-state index contributed by atoms with van der Waals surface area (Å²) >= 11 is 0. The molecule has 2 aliphatic heterocycles. The van der Waals surface area contributed by atoms with Crippen LogP contribution in [0.2, 0.25) is 0 Å². The molecule has 0 aliphatic carbocycles. The Kier molecular flexibility index (Phi) is 6.78. The highest BCUT2D eigenvalue weighted by Gasteiger charge is 2.41. The minimum Gasteiger partial charge on any atom is -0.366 e. The molecule has 1 aromatic carbocycles. The first-order valence-electron chi connectivity index (χ1n) is 11.6. The van der Waals surface area contributed by atoms with Gasteiger partial charge in [-0.2, -0.15) is 0 Å². The Balaban J connectivity index is 1.33. The van der Waals surface area contributed by atoms with E-state index in [1.807, 2.05) is 24.8 Å². The molecule has 0 radical (unpaired) electrons. The number of aromatic nitrogens is 1. The predicted molar refractivity (Wildman–Crippen MR) is 129 cm³/mol. The fourth-order valence-corrected chi connectivity index (χ4v) is 6.03. The van der Waals surface area contributed by atoms with E-state index in [2.05, 4.69) is 9.88 Å². The molecule has 0 saturated carbocycles. The van der Waals surface area contributed by atoms with Gasteiger partial charge in [-0.25, -0.2) is 8.42 Å². The van der Waals surface area contributed by atoms with Crippen molar-refractivity contribution in [3.63, 3.8) is 0 Å². The van der Waals surface area contributed by atoms with Crippen LogP contribution in [0.5, 0.6) is 0 Å². The molecule has 8 nitrogen and oxygen atoms in total. The van der Waals surface area contributed by atoms with Gasteiger partial charge < -0.3 is 15.5 Å². The van der Waals surface area contributed by atoms with E-state index < -0.39 is 15.7 Å². The number of hydrogen-bond acceptors (Lipinski definition) is 6. The van der Waals surface area contributed by atoms with Crippen molar-refractivity contribution in [2.45, 2.75) is 31.6 Å². The molecule has 0 spiro atoms. The molecule has 2 fully saturated rings. The lowest BCUT2D eigenvalue weighted by Gasteiger charge is -2.23. The van der Waals surface area contributed by atoms with E-state index in [0.717, 1.165) is 62.2 Å². The zero-order valence-corrected chi connectivity index (χ0v) is 20.8. The average molecular weight is 485 g/mol. The molecule has 2 N–H and O–H groups in total. The van der Waals surface area contributed by atoms with Crippen molar-refractivity contribution in [3.8, 4) is 0 Å². The largest absolute Gasteiger partial charge is 0.366 e. The van der Waals surface area contributed by atoms with Gasteiger partial charge in [-0.1, -0.05) is 0 Å². The van der Waals surface area contributed by atoms with Crippen molar-refractivity contribution >= 4 is 21.7 Å². The van der Waals surface area contributed by atoms with Crippen molar-refractivity contribution in [1.82, 2.24) is 14.8 Å². The maximum atomic E-state index is 13.1. The first-order valence-corrected chi connectivity index (χ1v) is 13.5. The second-order valence-electron chi connectivity index (χ2n) is 9.64. The van der Waals surface area contributed by atoms with Gasteiger partial charge in [0.2, 0.25) is 5.91 Å². The van der Waals surface area contributed by atoms with Crippen LogP contribution in [0.3, 0.4) is 0 Å². The number of nitrogens with zero attached hydrogens (tertiary/aromatic N) is 3. The van der Waals surface area contributed by atoms with Gasteiger partial charge in [0.25, 0.3) is 5.91 Å². The van der Waals surface area contributed by atoms with Crippen LogP contribution in [0.25, 0.3) is 0 Å². The van der Waals surface area contributed by atoms with E-state index >= 15 is 0 Å². The molecule has 4 rings (SSSR count). The van der Waals surface area contributed by atoms with Gasteiger partial charge in [-0.05, 0) is 80.5 Å². The highest BCUT2D eigenvalue weighted by Crippen LogP contribution is 2.32. The number of primary amides is 1. The molecular formula is C25H32N4O4S. The number of carbonyl (C=O) groups is 2. The fraction of sp³-hybridized carbons (Fsp3) is 0.480. The number of hydrogen-bond donors (Lipinski definition) is 1. The van der Waals surface area contributed by atoms with Crippen molar-refractivity contribution in [3.05, 3.63) is 58.4 Å². The molecule has 1 aromatic heterocycles. The lowest BCUT2D eigenvalue weighted by Crippen LogP contribution is -2.34.